The van der Waals surface area contributed by atoms with Gasteiger partial charge in [-0.3, -0.25) is 5.32 Å². The quantitative estimate of drug-likeness (QED) is 0.886. The highest BCUT2D eigenvalue weighted by molar-refractivity contribution is 6.33. The van der Waals surface area contributed by atoms with Crippen LogP contribution in [0.1, 0.15) is 33.6 Å². The average Bonchev–Trinajstić information content (AvgIpc) is 2.41. The summed E-state index contributed by atoms with van der Waals surface area (Å²) in [6.45, 7) is 7.35. The molecule has 2 N–H and O–H groups in total. The van der Waals surface area contributed by atoms with Crippen molar-refractivity contribution in [1.29, 1.82) is 0 Å². The molecule has 1 heterocycles. The number of amides is 1. The van der Waals surface area contributed by atoms with Crippen molar-refractivity contribution in [2.75, 3.05) is 18.4 Å². The van der Waals surface area contributed by atoms with Gasteiger partial charge in [-0.25, -0.2) is 4.79 Å². The van der Waals surface area contributed by atoms with Crippen molar-refractivity contribution < 1.29 is 14.3 Å². The maximum atomic E-state index is 11.8. The molecule has 0 atom stereocenters. The molecule has 6 heteroatoms. The van der Waals surface area contributed by atoms with Crippen LogP contribution in [-0.4, -0.2) is 30.9 Å². The normalized spacial score (nSPS) is 16.2. The summed E-state index contributed by atoms with van der Waals surface area (Å²) >= 11 is 6.12. The van der Waals surface area contributed by atoms with Crippen molar-refractivity contribution in [2.24, 2.45) is 0 Å². The summed E-state index contributed by atoms with van der Waals surface area (Å²) in [6, 6.07) is 5.25. The zero-order valence-electron chi connectivity index (χ0n) is 13.2. The second-order valence-electron chi connectivity index (χ2n) is 6.34. The standard InChI is InChI=1S/C16H23ClN2O3/c1-16(2,3)22-15(20)19-14-10-12(4-5-13(14)17)21-11-6-8-18-9-7-11/h4-5,10-11,18H,6-9H2,1-3H3,(H,19,20). The van der Waals surface area contributed by atoms with Crippen LogP contribution in [0, 0.1) is 0 Å². The molecule has 1 fully saturated rings. The lowest BCUT2D eigenvalue weighted by atomic mass is 10.1. The van der Waals surface area contributed by atoms with E-state index in [0.717, 1.165) is 25.9 Å². The number of hydrogen-bond acceptors (Lipinski definition) is 4. The Morgan fingerprint density at radius 1 is 1.32 bits per heavy atom. The van der Waals surface area contributed by atoms with E-state index < -0.39 is 11.7 Å². The van der Waals surface area contributed by atoms with Crippen molar-refractivity contribution in [3.63, 3.8) is 0 Å². The fourth-order valence-electron chi connectivity index (χ4n) is 2.19. The summed E-state index contributed by atoms with van der Waals surface area (Å²) in [6.07, 6.45) is 1.60. The van der Waals surface area contributed by atoms with Gasteiger partial charge in [0.1, 0.15) is 17.5 Å². The van der Waals surface area contributed by atoms with Crippen molar-refractivity contribution in [2.45, 2.75) is 45.3 Å². The Bertz CT molecular complexity index is 523. The molecule has 0 aliphatic carbocycles. The Hall–Kier alpha value is -1.46. The monoisotopic (exact) mass is 326 g/mol. The topological polar surface area (TPSA) is 59.6 Å². The molecule has 0 unspecified atom stereocenters. The Morgan fingerprint density at radius 2 is 2.00 bits per heavy atom. The zero-order chi connectivity index (χ0) is 16.2. The van der Waals surface area contributed by atoms with Crippen molar-refractivity contribution >= 4 is 23.4 Å². The molecule has 1 saturated heterocycles. The van der Waals surface area contributed by atoms with Crippen LogP contribution in [0.2, 0.25) is 5.02 Å². The van der Waals surface area contributed by atoms with E-state index in [4.69, 9.17) is 21.1 Å². The average molecular weight is 327 g/mol. The number of carbonyl (C=O) groups excluding carboxylic acids is 1. The molecular weight excluding hydrogens is 304 g/mol. The number of hydrogen-bond donors (Lipinski definition) is 2. The van der Waals surface area contributed by atoms with E-state index >= 15 is 0 Å². The fourth-order valence-corrected chi connectivity index (χ4v) is 2.36. The number of ether oxygens (including phenoxy) is 2. The Kier molecular flexibility index (Phi) is 5.53. The van der Waals surface area contributed by atoms with Gasteiger partial charge in [-0.05, 0) is 58.8 Å². The molecule has 0 radical (unpaired) electrons. The molecule has 22 heavy (non-hydrogen) atoms. The number of nitrogens with one attached hydrogen (secondary N) is 2. The van der Waals surface area contributed by atoms with Crippen molar-refractivity contribution in [3.05, 3.63) is 23.2 Å². The number of halogens is 1. The Balaban J connectivity index is 2.01. The lowest BCUT2D eigenvalue weighted by molar-refractivity contribution is 0.0636. The summed E-state index contributed by atoms with van der Waals surface area (Å²) in [5.74, 6) is 0.697. The van der Waals surface area contributed by atoms with Crippen LogP contribution >= 0.6 is 11.6 Å². The lowest BCUT2D eigenvalue weighted by Crippen LogP contribution is -2.34. The van der Waals surface area contributed by atoms with Gasteiger partial charge in [0.2, 0.25) is 0 Å². The van der Waals surface area contributed by atoms with Crippen LogP contribution in [0.4, 0.5) is 10.5 Å². The minimum Gasteiger partial charge on any atom is -0.490 e. The van der Waals surface area contributed by atoms with Gasteiger partial charge in [0.15, 0.2) is 0 Å². The van der Waals surface area contributed by atoms with Gasteiger partial charge in [0.05, 0.1) is 10.7 Å². The van der Waals surface area contributed by atoms with Crippen molar-refractivity contribution in [3.8, 4) is 5.75 Å². The SMILES string of the molecule is CC(C)(C)OC(=O)Nc1cc(OC2CCNCC2)ccc1Cl. The number of carbonyl (C=O) groups is 1. The molecular formula is C16H23ClN2O3. The molecule has 1 aromatic rings. The molecule has 0 aromatic heterocycles. The van der Waals surface area contributed by atoms with Crippen LogP contribution in [0.3, 0.4) is 0 Å². The molecule has 0 spiro atoms. The third kappa shape index (κ3) is 5.39. The summed E-state index contributed by atoms with van der Waals surface area (Å²) in [4.78, 5) is 11.8. The highest BCUT2D eigenvalue weighted by Gasteiger charge is 2.18. The van der Waals surface area contributed by atoms with E-state index in [0.29, 0.717) is 16.5 Å². The van der Waals surface area contributed by atoms with Crippen LogP contribution in [0.5, 0.6) is 5.75 Å². The third-order valence-electron chi connectivity index (χ3n) is 3.16. The minimum atomic E-state index is -0.556. The first-order valence-electron chi connectivity index (χ1n) is 7.50. The van der Waals surface area contributed by atoms with Gasteiger partial charge in [-0.2, -0.15) is 0 Å². The van der Waals surface area contributed by atoms with Crippen LogP contribution in [0.15, 0.2) is 18.2 Å². The van der Waals surface area contributed by atoms with Crippen LogP contribution in [0.25, 0.3) is 0 Å². The first-order valence-corrected chi connectivity index (χ1v) is 7.88. The van der Waals surface area contributed by atoms with Crippen LogP contribution < -0.4 is 15.4 Å². The predicted molar refractivity (Wildman–Crippen MR) is 87.8 cm³/mol. The summed E-state index contributed by atoms with van der Waals surface area (Å²) in [7, 11) is 0. The molecule has 1 aliphatic rings. The molecule has 1 aliphatic heterocycles. The number of rotatable bonds is 3. The van der Waals surface area contributed by atoms with E-state index in [1.54, 1.807) is 12.1 Å². The maximum absolute atomic E-state index is 11.8. The van der Waals surface area contributed by atoms with Gasteiger partial charge < -0.3 is 14.8 Å². The smallest absolute Gasteiger partial charge is 0.412 e. The van der Waals surface area contributed by atoms with E-state index in [9.17, 15) is 4.79 Å². The second kappa shape index (κ2) is 7.20. The molecule has 122 valence electrons. The largest absolute Gasteiger partial charge is 0.490 e. The second-order valence-corrected chi connectivity index (χ2v) is 6.74. The number of piperidine rings is 1. The highest BCUT2D eigenvalue weighted by atomic mass is 35.5. The van der Waals surface area contributed by atoms with E-state index in [1.807, 2.05) is 26.8 Å². The molecule has 0 bridgehead atoms. The zero-order valence-corrected chi connectivity index (χ0v) is 14.0. The Morgan fingerprint density at radius 3 is 2.64 bits per heavy atom. The molecule has 5 nitrogen and oxygen atoms in total. The first kappa shape index (κ1) is 16.9. The third-order valence-corrected chi connectivity index (χ3v) is 3.49. The predicted octanol–water partition coefficient (Wildman–Crippen LogP) is 3.82. The van der Waals surface area contributed by atoms with Gasteiger partial charge in [0, 0.05) is 6.07 Å². The Labute approximate surface area is 136 Å². The van der Waals surface area contributed by atoms with E-state index in [1.165, 1.54) is 0 Å². The number of benzene rings is 1. The van der Waals surface area contributed by atoms with Gasteiger partial charge >= 0.3 is 6.09 Å². The van der Waals surface area contributed by atoms with E-state index in [2.05, 4.69) is 10.6 Å². The molecule has 2 rings (SSSR count). The molecule has 0 saturated carbocycles. The lowest BCUT2D eigenvalue weighted by Gasteiger charge is -2.24. The fraction of sp³-hybridized carbons (Fsp3) is 0.562. The minimum absolute atomic E-state index is 0.191. The van der Waals surface area contributed by atoms with Gasteiger partial charge in [-0.1, -0.05) is 11.6 Å². The summed E-state index contributed by atoms with van der Waals surface area (Å²) in [5, 5.41) is 6.40. The van der Waals surface area contributed by atoms with E-state index in [-0.39, 0.29) is 6.10 Å². The summed E-state index contributed by atoms with van der Waals surface area (Å²) in [5.41, 5.74) is -0.0675. The van der Waals surface area contributed by atoms with Crippen molar-refractivity contribution in [1.82, 2.24) is 5.32 Å². The van der Waals surface area contributed by atoms with Gasteiger partial charge in [-0.15, -0.1) is 0 Å². The highest BCUT2D eigenvalue weighted by Crippen LogP contribution is 2.28. The number of anilines is 1. The molecule has 1 amide bonds. The van der Waals surface area contributed by atoms with Gasteiger partial charge in [0.25, 0.3) is 0 Å². The first-order chi connectivity index (χ1) is 10.3. The maximum Gasteiger partial charge on any atom is 0.412 e. The molecule has 1 aromatic carbocycles. The summed E-state index contributed by atoms with van der Waals surface area (Å²) < 4.78 is 11.2. The van der Waals surface area contributed by atoms with Crippen LogP contribution in [-0.2, 0) is 4.74 Å².